The van der Waals surface area contributed by atoms with E-state index < -0.39 is 6.23 Å². The van der Waals surface area contributed by atoms with Gasteiger partial charge in [-0.05, 0) is 17.2 Å². The SMILES string of the molecule is OC1CC(c2ccccc2)c2ccccc2N1. The molecule has 0 spiro atoms. The predicted octanol–water partition coefficient (Wildman–Crippen LogP) is 2.95. The van der Waals surface area contributed by atoms with E-state index in [9.17, 15) is 5.11 Å². The van der Waals surface area contributed by atoms with Crippen LogP contribution in [0.5, 0.6) is 0 Å². The Balaban J connectivity index is 2.07. The average molecular weight is 225 g/mol. The summed E-state index contributed by atoms with van der Waals surface area (Å²) >= 11 is 0. The van der Waals surface area contributed by atoms with E-state index in [0.29, 0.717) is 0 Å². The van der Waals surface area contributed by atoms with Gasteiger partial charge in [-0.1, -0.05) is 48.5 Å². The highest BCUT2D eigenvalue weighted by molar-refractivity contribution is 5.57. The van der Waals surface area contributed by atoms with Crippen LogP contribution in [0.2, 0.25) is 0 Å². The lowest BCUT2D eigenvalue weighted by atomic mass is 9.84. The van der Waals surface area contributed by atoms with Crippen LogP contribution < -0.4 is 5.32 Å². The number of para-hydroxylation sites is 1. The molecule has 2 nitrogen and oxygen atoms in total. The number of benzene rings is 2. The highest BCUT2D eigenvalue weighted by Crippen LogP contribution is 2.37. The van der Waals surface area contributed by atoms with Crippen molar-refractivity contribution >= 4 is 5.69 Å². The molecule has 2 aromatic carbocycles. The number of hydrogen-bond acceptors (Lipinski definition) is 2. The van der Waals surface area contributed by atoms with E-state index >= 15 is 0 Å². The largest absolute Gasteiger partial charge is 0.374 e. The van der Waals surface area contributed by atoms with Crippen molar-refractivity contribution in [3.63, 3.8) is 0 Å². The van der Waals surface area contributed by atoms with Crippen molar-refractivity contribution in [2.45, 2.75) is 18.6 Å². The molecule has 2 aromatic rings. The molecule has 86 valence electrons. The topological polar surface area (TPSA) is 32.3 Å². The fourth-order valence-electron chi connectivity index (χ4n) is 2.52. The van der Waals surface area contributed by atoms with Gasteiger partial charge in [-0.25, -0.2) is 0 Å². The molecule has 0 aromatic heterocycles. The molecular weight excluding hydrogens is 210 g/mol. The van der Waals surface area contributed by atoms with Crippen LogP contribution in [0, 0.1) is 0 Å². The molecule has 17 heavy (non-hydrogen) atoms. The number of hydrogen-bond donors (Lipinski definition) is 2. The number of aliphatic hydroxyl groups excluding tert-OH is 1. The van der Waals surface area contributed by atoms with Gasteiger partial charge in [0.15, 0.2) is 0 Å². The van der Waals surface area contributed by atoms with Crippen molar-refractivity contribution in [2.24, 2.45) is 0 Å². The average Bonchev–Trinajstić information content (AvgIpc) is 2.39. The lowest BCUT2D eigenvalue weighted by molar-refractivity contribution is 0.182. The maximum absolute atomic E-state index is 9.88. The normalized spacial score (nSPS) is 22.6. The monoisotopic (exact) mass is 225 g/mol. The van der Waals surface area contributed by atoms with Crippen molar-refractivity contribution in [3.05, 3.63) is 65.7 Å². The van der Waals surface area contributed by atoms with Crippen molar-refractivity contribution in [1.29, 1.82) is 0 Å². The van der Waals surface area contributed by atoms with Crippen LogP contribution in [0.25, 0.3) is 0 Å². The molecule has 1 aliphatic rings. The van der Waals surface area contributed by atoms with Gasteiger partial charge in [-0.15, -0.1) is 0 Å². The molecule has 1 heterocycles. The van der Waals surface area contributed by atoms with Gasteiger partial charge in [0, 0.05) is 18.0 Å². The predicted molar refractivity (Wildman–Crippen MR) is 69.0 cm³/mol. The lowest BCUT2D eigenvalue weighted by Crippen LogP contribution is -2.28. The summed E-state index contributed by atoms with van der Waals surface area (Å²) in [4.78, 5) is 0. The summed E-state index contributed by atoms with van der Waals surface area (Å²) in [6, 6.07) is 18.6. The van der Waals surface area contributed by atoms with Gasteiger partial charge in [-0.3, -0.25) is 0 Å². The maximum Gasteiger partial charge on any atom is 0.125 e. The van der Waals surface area contributed by atoms with Gasteiger partial charge in [0.2, 0.25) is 0 Å². The molecule has 2 heteroatoms. The Kier molecular flexibility index (Phi) is 2.57. The summed E-state index contributed by atoms with van der Waals surface area (Å²) < 4.78 is 0. The Morgan fingerprint density at radius 3 is 2.47 bits per heavy atom. The molecule has 3 rings (SSSR count). The standard InChI is InChI=1S/C15H15NO/c17-15-10-13(11-6-2-1-3-7-11)12-8-4-5-9-14(12)16-15/h1-9,13,15-17H,10H2. The van der Waals surface area contributed by atoms with Crippen LogP contribution in [0.4, 0.5) is 5.69 Å². The van der Waals surface area contributed by atoms with Crippen LogP contribution in [0.3, 0.4) is 0 Å². The molecule has 2 unspecified atom stereocenters. The van der Waals surface area contributed by atoms with Crippen molar-refractivity contribution < 1.29 is 5.11 Å². The molecule has 0 amide bonds. The third kappa shape index (κ3) is 1.92. The molecule has 2 N–H and O–H groups in total. The fourth-order valence-corrected chi connectivity index (χ4v) is 2.52. The first kappa shape index (κ1) is 10.4. The summed E-state index contributed by atoms with van der Waals surface area (Å²) in [6.07, 6.45) is 0.260. The number of nitrogens with one attached hydrogen (secondary N) is 1. The van der Waals surface area contributed by atoms with E-state index in [1.165, 1.54) is 11.1 Å². The molecule has 0 radical (unpaired) electrons. The third-order valence-electron chi connectivity index (χ3n) is 3.32. The quantitative estimate of drug-likeness (QED) is 0.782. The second-order valence-electron chi connectivity index (χ2n) is 4.45. The number of fused-ring (bicyclic) bond motifs is 1. The molecule has 0 bridgehead atoms. The third-order valence-corrected chi connectivity index (χ3v) is 3.32. The first-order valence-corrected chi connectivity index (χ1v) is 5.93. The molecule has 0 fully saturated rings. The first-order valence-electron chi connectivity index (χ1n) is 5.93. The second-order valence-corrected chi connectivity index (χ2v) is 4.45. The van der Waals surface area contributed by atoms with Crippen LogP contribution in [-0.4, -0.2) is 11.3 Å². The Morgan fingerprint density at radius 1 is 0.941 bits per heavy atom. The first-order chi connectivity index (χ1) is 8.34. The molecule has 2 atom stereocenters. The van der Waals surface area contributed by atoms with Crippen molar-refractivity contribution in [2.75, 3.05) is 5.32 Å². The summed E-state index contributed by atoms with van der Waals surface area (Å²) in [5, 5.41) is 13.0. The van der Waals surface area contributed by atoms with Crippen LogP contribution in [0.1, 0.15) is 23.5 Å². The van der Waals surface area contributed by atoms with E-state index in [1.807, 2.05) is 36.4 Å². The molecule has 0 aliphatic carbocycles. The van der Waals surface area contributed by atoms with Gasteiger partial charge in [0.1, 0.15) is 6.23 Å². The Morgan fingerprint density at radius 2 is 1.65 bits per heavy atom. The smallest absolute Gasteiger partial charge is 0.125 e. The summed E-state index contributed by atoms with van der Waals surface area (Å²) in [5.41, 5.74) is 3.57. The zero-order chi connectivity index (χ0) is 11.7. The summed E-state index contributed by atoms with van der Waals surface area (Å²) in [7, 11) is 0. The fraction of sp³-hybridized carbons (Fsp3) is 0.200. The van der Waals surface area contributed by atoms with Gasteiger partial charge in [-0.2, -0.15) is 0 Å². The number of anilines is 1. The second kappa shape index (κ2) is 4.22. The summed E-state index contributed by atoms with van der Waals surface area (Å²) in [6.45, 7) is 0. The molecule has 0 saturated carbocycles. The highest BCUT2D eigenvalue weighted by Gasteiger charge is 2.25. The van der Waals surface area contributed by atoms with E-state index in [4.69, 9.17) is 0 Å². The Labute approximate surface area is 101 Å². The minimum Gasteiger partial charge on any atom is -0.374 e. The Hall–Kier alpha value is -1.80. The molecule has 1 aliphatic heterocycles. The highest BCUT2D eigenvalue weighted by atomic mass is 16.3. The zero-order valence-corrected chi connectivity index (χ0v) is 9.51. The van der Waals surface area contributed by atoms with Crippen LogP contribution in [0.15, 0.2) is 54.6 Å². The minimum absolute atomic E-state index is 0.281. The number of aliphatic hydroxyl groups is 1. The van der Waals surface area contributed by atoms with Crippen molar-refractivity contribution in [1.82, 2.24) is 0 Å². The maximum atomic E-state index is 9.88. The van der Waals surface area contributed by atoms with E-state index in [1.54, 1.807) is 0 Å². The van der Waals surface area contributed by atoms with E-state index in [-0.39, 0.29) is 5.92 Å². The van der Waals surface area contributed by atoms with Gasteiger partial charge in [0.25, 0.3) is 0 Å². The lowest BCUT2D eigenvalue weighted by Gasteiger charge is -2.30. The number of rotatable bonds is 1. The van der Waals surface area contributed by atoms with Gasteiger partial charge in [0.05, 0.1) is 0 Å². The van der Waals surface area contributed by atoms with Crippen LogP contribution >= 0.6 is 0 Å². The van der Waals surface area contributed by atoms with Crippen molar-refractivity contribution in [3.8, 4) is 0 Å². The van der Waals surface area contributed by atoms with E-state index in [2.05, 4.69) is 23.5 Å². The minimum atomic E-state index is -0.463. The van der Waals surface area contributed by atoms with Crippen LogP contribution in [-0.2, 0) is 0 Å². The zero-order valence-electron chi connectivity index (χ0n) is 9.51. The molecular formula is C15H15NO. The summed E-state index contributed by atoms with van der Waals surface area (Å²) in [5.74, 6) is 0.281. The van der Waals surface area contributed by atoms with Gasteiger partial charge < -0.3 is 10.4 Å². The Bertz CT molecular complexity index is 509. The van der Waals surface area contributed by atoms with Gasteiger partial charge >= 0.3 is 0 Å². The van der Waals surface area contributed by atoms with E-state index in [0.717, 1.165) is 12.1 Å². The molecule has 0 saturated heterocycles.